The minimum Gasteiger partial charge on any atom is -0.379 e. The molecule has 3 aromatic heterocycles. The Bertz CT molecular complexity index is 1040. The van der Waals surface area contributed by atoms with Gasteiger partial charge in [-0.3, -0.25) is 9.78 Å². The van der Waals surface area contributed by atoms with Gasteiger partial charge in [0.25, 0.3) is 5.91 Å². The number of amides is 1. The smallest absolute Gasteiger partial charge is 0.252 e. The molecular weight excluding hydrogens is 350 g/mol. The molecule has 0 saturated heterocycles. The van der Waals surface area contributed by atoms with E-state index in [1.54, 1.807) is 10.7 Å². The summed E-state index contributed by atoms with van der Waals surface area (Å²) in [6.07, 6.45) is 7.60. The number of pyridine rings is 1. The minimum atomic E-state index is -0.471. The van der Waals surface area contributed by atoms with Gasteiger partial charge in [-0.15, -0.1) is 0 Å². The van der Waals surface area contributed by atoms with E-state index >= 15 is 0 Å². The molecule has 1 unspecified atom stereocenters. The van der Waals surface area contributed by atoms with Gasteiger partial charge in [0.1, 0.15) is 0 Å². The normalized spacial score (nSPS) is 21.1. The zero-order valence-electron chi connectivity index (χ0n) is 16.9. The van der Waals surface area contributed by atoms with Gasteiger partial charge >= 0.3 is 0 Å². The van der Waals surface area contributed by atoms with Gasteiger partial charge in [0.2, 0.25) is 0 Å². The number of fused-ring (bicyclic) bond motifs is 1. The van der Waals surface area contributed by atoms with Crippen molar-refractivity contribution in [3.8, 4) is 11.1 Å². The predicted octanol–water partition coefficient (Wildman–Crippen LogP) is 4.04. The summed E-state index contributed by atoms with van der Waals surface area (Å²) in [5.74, 6) is 0.141. The van der Waals surface area contributed by atoms with Crippen LogP contribution in [0.2, 0.25) is 0 Å². The number of primary amides is 1. The minimum absolute atomic E-state index is 0.130. The first-order chi connectivity index (χ1) is 13.3. The molecule has 1 saturated carbocycles. The van der Waals surface area contributed by atoms with Gasteiger partial charge in [0, 0.05) is 35.3 Å². The van der Waals surface area contributed by atoms with Crippen molar-refractivity contribution in [3.05, 3.63) is 48.0 Å². The summed E-state index contributed by atoms with van der Waals surface area (Å²) in [5.41, 5.74) is 10.8. The molecule has 2 atom stereocenters. The summed E-state index contributed by atoms with van der Waals surface area (Å²) in [4.78, 5) is 16.5. The zero-order valence-corrected chi connectivity index (χ0v) is 16.9. The molecule has 146 valence electrons. The van der Waals surface area contributed by atoms with Gasteiger partial charge in [-0.1, -0.05) is 26.8 Å². The van der Waals surface area contributed by atoms with Crippen molar-refractivity contribution in [2.45, 2.75) is 46.6 Å². The van der Waals surface area contributed by atoms with Crippen molar-refractivity contribution >= 4 is 17.1 Å². The van der Waals surface area contributed by atoms with Gasteiger partial charge < -0.3 is 11.1 Å². The topological polar surface area (TPSA) is 85.3 Å². The average molecular weight is 377 g/mol. The molecule has 0 aromatic carbocycles. The monoisotopic (exact) mass is 377 g/mol. The van der Waals surface area contributed by atoms with Crippen LogP contribution in [0.25, 0.3) is 16.6 Å². The number of nitrogens with zero attached hydrogens (tertiary/aromatic N) is 3. The molecule has 1 aliphatic carbocycles. The fourth-order valence-electron chi connectivity index (χ4n) is 4.13. The molecule has 3 N–H and O–H groups in total. The van der Waals surface area contributed by atoms with Crippen molar-refractivity contribution in [2.24, 2.45) is 17.1 Å². The van der Waals surface area contributed by atoms with Crippen LogP contribution in [-0.2, 0) is 0 Å². The van der Waals surface area contributed by atoms with Gasteiger partial charge in [-0.25, -0.2) is 4.52 Å². The van der Waals surface area contributed by atoms with Crippen molar-refractivity contribution in [1.29, 1.82) is 0 Å². The fraction of sp³-hybridized carbons (Fsp3) is 0.409. The number of aromatic nitrogens is 3. The Kier molecular flexibility index (Phi) is 4.37. The summed E-state index contributed by atoms with van der Waals surface area (Å²) < 4.78 is 1.80. The van der Waals surface area contributed by atoms with Crippen molar-refractivity contribution in [2.75, 3.05) is 5.32 Å². The number of hydrogen-bond donors (Lipinski definition) is 2. The zero-order chi connectivity index (χ0) is 20.1. The average Bonchev–Trinajstić information content (AvgIpc) is 3.19. The summed E-state index contributed by atoms with van der Waals surface area (Å²) >= 11 is 0. The first-order valence-corrected chi connectivity index (χ1v) is 9.78. The highest BCUT2D eigenvalue weighted by Crippen LogP contribution is 2.44. The van der Waals surface area contributed by atoms with Crippen LogP contribution in [0.15, 0.2) is 36.8 Å². The maximum absolute atomic E-state index is 12.1. The number of carbonyl (C=O) groups is 1. The molecule has 4 rings (SSSR count). The quantitative estimate of drug-likeness (QED) is 0.718. The molecule has 0 aliphatic heterocycles. The van der Waals surface area contributed by atoms with Gasteiger partial charge in [0.15, 0.2) is 0 Å². The van der Waals surface area contributed by atoms with E-state index in [0.29, 0.717) is 11.5 Å². The van der Waals surface area contributed by atoms with Crippen LogP contribution in [-0.4, -0.2) is 26.5 Å². The lowest BCUT2D eigenvalue weighted by Gasteiger charge is -2.33. The van der Waals surface area contributed by atoms with E-state index < -0.39 is 5.91 Å². The van der Waals surface area contributed by atoms with Gasteiger partial charge in [-0.2, -0.15) is 5.10 Å². The van der Waals surface area contributed by atoms with Crippen molar-refractivity contribution in [3.63, 3.8) is 0 Å². The molecule has 1 amide bonds. The van der Waals surface area contributed by atoms with Crippen LogP contribution in [0, 0.1) is 18.3 Å². The van der Waals surface area contributed by atoms with E-state index in [1.165, 1.54) is 6.42 Å². The fourth-order valence-corrected chi connectivity index (χ4v) is 4.13. The van der Waals surface area contributed by atoms with E-state index in [1.807, 2.05) is 37.5 Å². The largest absolute Gasteiger partial charge is 0.379 e. The van der Waals surface area contributed by atoms with E-state index in [9.17, 15) is 4.79 Å². The SMILES string of the molecule is Cc1ccc(-c2cc3c(N[C@@H]4CCC(C)C4(C)C)c(C(N)=O)cnn3c2)cn1. The lowest BCUT2D eigenvalue weighted by molar-refractivity contribution is 0.100. The first kappa shape index (κ1) is 18.5. The summed E-state index contributed by atoms with van der Waals surface area (Å²) in [6.45, 7) is 8.82. The molecule has 28 heavy (non-hydrogen) atoms. The van der Waals surface area contributed by atoms with Crippen LogP contribution in [0.3, 0.4) is 0 Å². The van der Waals surface area contributed by atoms with Crippen LogP contribution in [0.4, 0.5) is 5.69 Å². The second kappa shape index (κ2) is 6.62. The standard InChI is InChI=1S/C22H27N5O/c1-13-5-8-19(22(13,3)4)26-20-17(21(23)28)11-25-27-12-16(9-18(20)27)15-7-6-14(2)24-10-15/h6-7,9-13,19,26H,5,8H2,1-4H3,(H2,23,28)/t13?,19-/m1/s1. The molecule has 6 heteroatoms. The Balaban J connectivity index is 1.82. The maximum Gasteiger partial charge on any atom is 0.252 e. The Hall–Kier alpha value is -2.89. The van der Waals surface area contributed by atoms with Gasteiger partial charge in [-0.05, 0) is 43.2 Å². The highest BCUT2D eigenvalue weighted by atomic mass is 16.1. The van der Waals surface area contributed by atoms with E-state index in [4.69, 9.17) is 5.73 Å². The highest BCUT2D eigenvalue weighted by Gasteiger charge is 2.41. The summed E-state index contributed by atoms with van der Waals surface area (Å²) in [6, 6.07) is 6.34. The molecule has 0 spiro atoms. The lowest BCUT2D eigenvalue weighted by atomic mass is 9.80. The van der Waals surface area contributed by atoms with Crippen LogP contribution < -0.4 is 11.1 Å². The third-order valence-corrected chi connectivity index (χ3v) is 6.52. The number of aryl methyl sites for hydroxylation is 1. The van der Waals surface area contributed by atoms with E-state index in [0.717, 1.165) is 34.4 Å². The first-order valence-electron chi connectivity index (χ1n) is 9.78. The number of carbonyl (C=O) groups excluding carboxylic acids is 1. The Morgan fingerprint density at radius 3 is 2.64 bits per heavy atom. The van der Waals surface area contributed by atoms with E-state index in [2.05, 4.69) is 36.2 Å². The Labute approximate surface area is 165 Å². The summed E-state index contributed by atoms with van der Waals surface area (Å²) in [7, 11) is 0. The molecule has 3 aromatic rings. The van der Waals surface area contributed by atoms with E-state index in [-0.39, 0.29) is 11.5 Å². The number of nitrogens with one attached hydrogen (secondary N) is 1. The molecule has 1 fully saturated rings. The van der Waals surface area contributed by atoms with Crippen molar-refractivity contribution < 1.29 is 4.79 Å². The van der Waals surface area contributed by atoms with Gasteiger partial charge in [0.05, 0.1) is 23.0 Å². The molecular formula is C22H27N5O. The van der Waals surface area contributed by atoms with Crippen molar-refractivity contribution in [1.82, 2.24) is 14.6 Å². The second-order valence-electron chi connectivity index (χ2n) is 8.54. The third kappa shape index (κ3) is 3.03. The summed E-state index contributed by atoms with van der Waals surface area (Å²) in [5, 5.41) is 8.06. The highest BCUT2D eigenvalue weighted by molar-refractivity contribution is 6.02. The third-order valence-electron chi connectivity index (χ3n) is 6.52. The molecule has 0 radical (unpaired) electrons. The van der Waals surface area contributed by atoms with Crippen LogP contribution >= 0.6 is 0 Å². The molecule has 3 heterocycles. The second-order valence-corrected chi connectivity index (χ2v) is 8.54. The van der Waals surface area contributed by atoms with Crippen LogP contribution in [0.5, 0.6) is 0 Å². The maximum atomic E-state index is 12.1. The lowest BCUT2D eigenvalue weighted by Crippen LogP contribution is -2.35. The number of anilines is 1. The number of rotatable bonds is 4. The Morgan fingerprint density at radius 2 is 2.04 bits per heavy atom. The Morgan fingerprint density at radius 1 is 1.25 bits per heavy atom. The number of hydrogen-bond acceptors (Lipinski definition) is 4. The van der Waals surface area contributed by atoms with Crippen LogP contribution in [0.1, 0.15) is 49.7 Å². The predicted molar refractivity (Wildman–Crippen MR) is 111 cm³/mol. The molecule has 0 bridgehead atoms. The number of nitrogens with two attached hydrogens (primary N) is 1. The molecule has 1 aliphatic rings. The molecule has 6 nitrogen and oxygen atoms in total.